The van der Waals surface area contributed by atoms with Crippen LogP contribution in [0.4, 0.5) is 0 Å². The Hall–Kier alpha value is -0.830. The first-order valence-electron chi connectivity index (χ1n) is 5.99. The van der Waals surface area contributed by atoms with Crippen LogP contribution in [0.1, 0.15) is 32.1 Å². The lowest BCUT2D eigenvalue weighted by atomic mass is 9.78. The van der Waals surface area contributed by atoms with Crippen molar-refractivity contribution in [2.45, 2.75) is 49.8 Å². The zero-order valence-electron chi connectivity index (χ0n) is 8.74. The first-order chi connectivity index (χ1) is 7.29. The average molecular weight is 205 g/mol. The molecule has 3 heterocycles. The molecular weight excluding hydrogens is 190 g/mol. The second kappa shape index (κ2) is 2.46. The molecule has 0 amide bonds. The summed E-state index contributed by atoms with van der Waals surface area (Å²) in [5, 5.41) is 0. The summed E-state index contributed by atoms with van der Waals surface area (Å²) >= 11 is 0. The molecular formula is C12H15NO2. The summed E-state index contributed by atoms with van der Waals surface area (Å²) in [7, 11) is 0. The number of hydrogen-bond donors (Lipinski definition) is 0. The first-order valence-corrected chi connectivity index (χ1v) is 5.99. The van der Waals surface area contributed by atoms with Gasteiger partial charge in [-0.05, 0) is 37.8 Å². The standard InChI is InChI=1S/C12H15NO2/c14-11-6-8-3-4-9-7-12(8,15-11)10-2-1-5-13(9)10/h6,9-10H,1-5,7H2. The maximum atomic E-state index is 11.5. The molecule has 3 unspecified atom stereocenters. The predicted molar refractivity (Wildman–Crippen MR) is 54.3 cm³/mol. The van der Waals surface area contributed by atoms with Gasteiger partial charge in [-0.1, -0.05) is 0 Å². The van der Waals surface area contributed by atoms with Gasteiger partial charge < -0.3 is 4.74 Å². The van der Waals surface area contributed by atoms with E-state index in [4.69, 9.17) is 4.74 Å². The van der Waals surface area contributed by atoms with Crippen LogP contribution in [0.25, 0.3) is 0 Å². The van der Waals surface area contributed by atoms with Crippen molar-refractivity contribution in [1.29, 1.82) is 0 Å². The van der Waals surface area contributed by atoms with Gasteiger partial charge in [0.15, 0.2) is 5.60 Å². The van der Waals surface area contributed by atoms with E-state index in [0.717, 1.165) is 12.8 Å². The van der Waals surface area contributed by atoms with Crippen LogP contribution in [0.3, 0.4) is 0 Å². The van der Waals surface area contributed by atoms with Crippen molar-refractivity contribution in [2.24, 2.45) is 0 Å². The minimum atomic E-state index is -0.184. The highest BCUT2D eigenvalue weighted by Gasteiger charge is 2.61. The van der Waals surface area contributed by atoms with Crippen LogP contribution < -0.4 is 0 Å². The van der Waals surface area contributed by atoms with Crippen LogP contribution in [0.5, 0.6) is 0 Å². The molecule has 3 atom stereocenters. The lowest BCUT2D eigenvalue weighted by Crippen LogP contribution is -2.43. The maximum Gasteiger partial charge on any atom is 0.331 e. The third-order valence-corrected chi connectivity index (χ3v) is 4.71. The Kier molecular flexibility index (Phi) is 1.37. The molecule has 1 spiro atoms. The molecule has 3 aliphatic heterocycles. The van der Waals surface area contributed by atoms with E-state index in [1.165, 1.54) is 31.4 Å². The SMILES string of the molecule is O=C1C=C2CCC3CC2(O1)C1CCCN31. The Morgan fingerprint density at radius 2 is 2.40 bits per heavy atom. The summed E-state index contributed by atoms with van der Waals surface area (Å²) in [4.78, 5) is 14.1. The Morgan fingerprint density at radius 1 is 1.47 bits per heavy atom. The van der Waals surface area contributed by atoms with E-state index in [1.54, 1.807) is 6.08 Å². The van der Waals surface area contributed by atoms with Gasteiger partial charge in [-0.15, -0.1) is 0 Å². The number of nitrogens with zero attached hydrogens (tertiary/aromatic N) is 1. The van der Waals surface area contributed by atoms with E-state index in [1.807, 2.05) is 0 Å². The van der Waals surface area contributed by atoms with E-state index in [2.05, 4.69) is 4.90 Å². The highest BCUT2D eigenvalue weighted by Crippen LogP contribution is 2.54. The Labute approximate surface area is 89.1 Å². The van der Waals surface area contributed by atoms with Crippen molar-refractivity contribution in [3.8, 4) is 0 Å². The number of hydrogen-bond acceptors (Lipinski definition) is 3. The topological polar surface area (TPSA) is 29.5 Å². The summed E-state index contributed by atoms with van der Waals surface area (Å²) in [5.41, 5.74) is 1.11. The number of esters is 1. The van der Waals surface area contributed by atoms with Crippen LogP contribution >= 0.6 is 0 Å². The molecule has 0 aromatic heterocycles. The van der Waals surface area contributed by atoms with E-state index in [0.29, 0.717) is 12.1 Å². The van der Waals surface area contributed by atoms with E-state index in [9.17, 15) is 4.79 Å². The molecule has 15 heavy (non-hydrogen) atoms. The predicted octanol–water partition coefficient (Wildman–Crippen LogP) is 1.24. The van der Waals surface area contributed by atoms with Crippen molar-refractivity contribution in [1.82, 2.24) is 4.90 Å². The second-order valence-corrected chi connectivity index (χ2v) is 5.27. The molecule has 0 aromatic carbocycles. The lowest BCUT2D eigenvalue weighted by Gasteiger charge is -2.33. The van der Waals surface area contributed by atoms with Crippen LogP contribution in [0.15, 0.2) is 11.6 Å². The Morgan fingerprint density at radius 3 is 3.33 bits per heavy atom. The minimum absolute atomic E-state index is 0.0978. The summed E-state index contributed by atoms with van der Waals surface area (Å²) < 4.78 is 5.68. The van der Waals surface area contributed by atoms with E-state index in [-0.39, 0.29) is 11.6 Å². The van der Waals surface area contributed by atoms with E-state index >= 15 is 0 Å². The minimum Gasteiger partial charge on any atom is -0.450 e. The monoisotopic (exact) mass is 205 g/mol. The summed E-state index contributed by atoms with van der Waals surface area (Å²) in [6.07, 6.45) is 7.60. The van der Waals surface area contributed by atoms with Gasteiger partial charge in [0.1, 0.15) is 0 Å². The molecule has 0 radical (unpaired) electrons. The third kappa shape index (κ3) is 0.842. The molecule has 3 fully saturated rings. The largest absolute Gasteiger partial charge is 0.450 e. The summed E-state index contributed by atoms with van der Waals surface area (Å²) in [5.74, 6) is -0.0978. The average Bonchev–Trinajstić information content (AvgIpc) is 2.82. The van der Waals surface area contributed by atoms with Crippen molar-refractivity contribution in [3.63, 3.8) is 0 Å². The summed E-state index contributed by atoms with van der Waals surface area (Å²) in [6.45, 7) is 1.21. The zero-order valence-corrected chi connectivity index (χ0v) is 8.74. The van der Waals surface area contributed by atoms with E-state index < -0.39 is 0 Å². The van der Waals surface area contributed by atoms with Gasteiger partial charge in [0.25, 0.3) is 0 Å². The fraction of sp³-hybridized carbons (Fsp3) is 0.750. The second-order valence-electron chi connectivity index (χ2n) is 5.27. The quantitative estimate of drug-likeness (QED) is 0.557. The molecule has 4 aliphatic rings. The molecule has 0 aromatic rings. The molecule has 2 saturated heterocycles. The fourth-order valence-electron chi connectivity index (χ4n) is 4.20. The Bertz CT molecular complexity index is 376. The van der Waals surface area contributed by atoms with Gasteiger partial charge in [0.2, 0.25) is 0 Å². The van der Waals surface area contributed by atoms with Gasteiger partial charge in [-0.2, -0.15) is 0 Å². The fourth-order valence-corrected chi connectivity index (χ4v) is 4.20. The number of carbonyl (C=O) groups is 1. The number of rotatable bonds is 0. The van der Waals surface area contributed by atoms with Gasteiger partial charge >= 0.3 is 5.97 Å². The van der Waals surface area contributed by atoms with Crippen molar-refractivity contribution in [2.75, 3.05) is 6.54 Å². The first kappa shape index (κ1) is 8.34. The molecule has 1 saturated carbocycles. The number of carbonyl (C=O) groups excluding carboxylic acids is 1. The van der Waals surface area contributed by atoms with Gasteiger partial charge in [0.05, 0.1) is 6.04 Å². The van der Waals surface area contributed by atoms with Crippen molar-refractivity contribution < 1.29 is 9.53 Å². The smallest absolute Gasteiger partial charge is 0.331 e. The van der Waals surface area contributed by atoms with Gasteiger partial charge in [-0.25, -0.2) is 4.79 Å². The van der Waals surface area contributed by atoms with Crippen molar-refractivity contribution >= 4 is 5.97 Å². The molecule has 1 aliphatic carbocycles. The highest BCUT2D eigenvalue weighted by molar-refractivity contribution is 5.87. The number of fused-ring (bicyclic) bond motifs is 3. The van der Waals surface area contributed by atoms with Gasteiger partial charge in [0, 0.05) is 18.5 Å². The molecule has 3 heteroatoms. The van der Waals surface area contributed by atoms with Crippen LogP contribution in [0.2, 0.25) is 0 Å². The van der Waals surface area contributed by atoms with Crippen LogP contribution in [-0.2, 0) is 9.53 Å². The highest BCUT2D eigenvalue weighted by atomic mass is 16.6. The zero-order chi connectivity index (χ0) is 10.0. The normalized spacial score (nSPS) is 47.5. The summed E-state index contributed by atoms with van der Waals surface area (Å²) in [6, 6.07) is 1.18. The van der Waals surface area contributed by atoms with Crippen LogP contribution in [-0.4, -0.2) is 35.1 Å². The third-order valence-electron chi connectivity index (χ3n) is 4.71. The maximum absolute atomic E-state index is 11.5. The lowest BCUT2D eigenvalue weighted by molar-refractivity contribution is -0.147. The molecule has 0 N–H and O–H groups in total. The Balaban J connectivity index is 1.85. The molecule has 4 rings (SSSR count). The van der Waals surface area contributed by atoms with Crippen LogP contribution in [0, 0.1) is 0 Å². The van der Waals surface area contributed by atoms with Crippen molar-refractivity contribution in [3.05, 3.63) is 11.6 Å². The molecule has 80 valence electrons. The molecule has 2 bridgehead atoms. The van der Waals surface area contributed by atoms with Gasteiger partial charge in [-0.3, -0.25) is 4.90 Å². The molecule has 3 nitrogen and oxygen atoms in total. The number of ether oxygens (including phenoxy) is 1.